The molecule has 0 radical (unpaired) electrons. The first-order chi connectivity index (χ1) is 9.95. The van der Waals surface area contributed by atoms with Gasteiger partial charge in [0.2, 0.25) is 0 Å². The highest BCUT2D eigenvalue weighted by Gasteiger charge is 2.09. The number of hydrogen-bond acceptors (Lipinski definition) is 1. The molecule has 21 heavy (non-hydrogen) atoms. The first-order valence-corrected chi connectivity index (χ1v) is 7.44. The summed E-state index contributed by atoms with van der Waals surface area (Å²) in [5.41, 5.74) is 1.55. The lowest BCUT2D eigenvalue weighted by molar-refractivity contribution is 1.31. The van der Waals surface area contributed by atoms with Gasteiger partial charge in [-0.3, -0.25) is 4.79 Å². The van der Waals surface area contributed by atoms with Gasteiger partial charge in [-0.2, -0.15) is 0 Å². The third kappa shape index (κ3) is 2.77. The van der Waals surface area contributed by atoms with Crippen LogP contribution in [-0.2, 0) is 0 Å². The van der Waals surface area contributed by atoms with Crippen molar-refractivity contribution in [3.05, 3.63) is 66.8 Å². The standard InChI is InChI=1S/C15H7Cl4NO/c16-10-2-1-7(4-11(10)17)9-3-8-5-12(18)13(19)6-14(8)20-15(9)21/h1-6H,(H,20,21). The minimum Gasteiger partial charge on any atom is -0.321 e. The average molecular weight is 359 g/mol. The molecular weight excluding hydrogens is 352 g/mol. The lowest BCUT2D eigenvalue weighted by Gasteiger charge is -2.06. The quantitative estimate of drug-likeness (QED) is 0.585. The molecule has 6 heteroatoms. The molecule has 0 atom stereocenters. The number of rotatable bonds is 1. The van der Waals surface area contributed by atoms with E-state index in [1.54, 1.807) is 36.4 Å². The molecule has 1 aromatic heterocycles. The van der Waals surface area contributed by atoms with Gasteiger partial charge < -0.3 is 4.98 Å². The maximum atomic E-state index is 12.2. The van der Waals surface area contributed by atoms with Crippen molar-refractivity contribution in [2.45, 2.75) is 0 Å². The van der Waals surface area contributed by atoms with Crippen LogP contribution in [0, 0.1) is 0 Å². The van der Waals surface area contributed by atoms with E-state index in [4.69, 9.17) is 46.4 Å². The molecule has 1 heterocycles. The van der Waals surface area contributed by atoms with Gasteiger partial charge >= 0.3 is 0 Å². The maximum Gasteiger partial charge on any atom is 0.256 e. The largest absolute Gasteiger partial charge is 0.321 e. The van der Waals surface area contributed by atoms with Crippen LogP contribution in [0.4, 0.5) is 0 Å². The Morgan fingerprint density at radius 1 is 0.762 bits per heavy atom. The molecule has 0 fully saturated rings. The van der Waals surface area contributed by atoms with Crippen LogP contribution in [0.25, 0.3) is 22.0 Å². The van der Waals surface area contributed by atoms with Crippen molar-refractivity contribution in [1.82, 2.24) is 4.98 Å². The summed E-state index contributed by atoms with van der Waals surface area (Å²) in [4.78, 5) is 15.0. The summed E-state index contributed by atoms with van der Waals surface area (Å²) in [7, 11) is 0. The molecule has 0 amide bonds. The second-order valence-electron chi connectivity index (χ2n) is 4.49. The van der Waals surface area contributed by atoms with Gasteiger partial charge in [0.25, 0.3) is 5.56 Å². The summed E-state index contributed by atoms with van der Waals surface area (Å²) in [6.45, 7) is 0. The van der Waals surface area contributed by atoms with E-state index >= 15 is 0 Å². The van der Waals surface area contributed by atoms with Crippen molar-refractivity contribution in [2.75, 3.05) is 0 Å². The van der Waals surface area contributed by atoms with Gasteiger partial charge in [0.15, 0.2) is 0 Å². The maximum absolute atomic E-state index is 12.2. The van der Waals surface area contributed by atoms with Crippen molar-refractivity contribution in [3.8, 4) is 11.1 Å². The predicted molar refractivity (Wildman–Crippen MR) is 90.0 cm³/mol. The van der Waals surface area contributed by atoms with Crippen molar-refractivity contribution in [1.29, 1.82) is 0 Å². The minimum absolute atomic E-state index is 0.237. The molecule has 3 rings (SSSR count). The SMILES string of the molecule is O=c1[nH]c2cc(Cl)c(Cl)cc2cc1-c1ccc(Cl)c(Cl)c1. The fourth-order valence-corrected chi connectivity index (χ4v) is 2.71. The van der Waals surface area contributed by atoms with E-state index in [1.807, 2.05) is 0 Å². The normalized spacial score (nSPS) is 11.0. The molecule has 0 bridgehead atoms. The van der Waals surface area contributed by atoms with Crippen LogP contribution >= 0.6 is 46.4 Å². The molecule has 106 valence electrons. The summed E-state index contributed by atoms with van der Waals surface area (Å²) in [6.07, 6.45) is 0. The summed E-state index contributed by atoms with van der Waals surface area (Å²) in [5.74, 6) is 0. The third-order valence-electron chi connectivity index (χ3n) is 3.12. The zero-order chi connectivity index (χ0) is 15.1. The van der Waals surface area contributed by atoms with Crippen LogP contribution in [-0.4, -0.2) is 4.98 Å². The number of halogens is 4. The van der Waals surface area contributed by atoms with E-state index < -0.39 is 0 Å². The van der Waals surface area contributed by atoms with Gasteiger partial charge in [0.05, 0.1) is 20.1 Å². The van der Waals surface area contributed by atoms with Crippen LogP contribution in [0.15, 0.2) is 41.2 Å². The smallest absolute Gasteiger partial charge is 0.256 e. The number of hydrogen-bond donors (Lipinski definition) is 1. The Kier molecular flexibility index (Phi) is 3.89. The summed E-state index contributed by atoms with van der Waals surface area (Å²) >= 11 is 23.8. The summed E-state index contributed by atoms with van der Waals surface area (Å²) in [5, 5.41) is 2.43. The third-order valence-corrected chi connectivity index (χ3v) is 4.58. The second kappa shape index (κ2) is 5.54. The predicted octanol–water partition coefficient (Wildman–Crippen LogP) is 5.81. The van der Waals surface area contributed by atoms with Gasteiger partial charge in [0, 0.05) is 16.5 Å². The fourth-order valence-electron chi connectivity index (χ4n) is 2.08. The van der Waals surface area contributed by atoms with Crippen molar-refractivity contribution in [2.24, 2.45) is 0 Å². The van der Waals surface area contributed by atoms with Crippen molar-refractivity contribution < 1.29 is 0 Å². The van der Waals surface area contributed by atoms with E-state index in [0.717, 1.165) is 5.39 Å². The molecular formula is C15H7Cl4NO. The number of aromatic nitrogens is 1. The van der Waals surface area contributed by atoms with Crippen LogP contribution < -0.4 is 5.56 Å². The lowest BCUT2D eigenvalue weighted by atomic mass is 10.1. The molecule has 2 aromatic carbocycles. The van der Waals surface area contributed by atoms with E-state index in [9.17, 15) is 4.79 Å². The Balaban J connectivity index is 2.27. The molecule has 0 spiro atoms. The number of benzene rings is 2. The number of pyridine rings is 1. The Morgan fingerprint density at radius 2 is 1.43 bits per heavy atom. The number of aromatic amines is 1. The van der Waals surface area contributed by atoms with Crippen LogP contribution in [0.2, 0.25) is 20.1 Å². The highest BCUT2D eigenvalue weighted by Crippen LogP contribution is 2.30. The van der Waals surface area contributed by atoms with Crippen LogP contribution in [0.3, 0.4) is 0 Å². The number of fused-ring (bicyclic) bond motifs is 1. The lowest BCUT2D eigenvalue weighted by Crippen LogP contribution is -2.08. The summed E-state index contributed by atoms with van der Waals surface area (Å²) < 4.78 is 0. The zero-order valence-electron chi connectivity index (χ0n) is 10.4. The van der Waals surface area contributed by atoms with Gasteiger partial charge in [-0.1, -0.05) is 52.5 Å². The Bertz CT molecular complexity index is 917. The number of nitrogens with one attached hydrogen (secondary N) is 1. The van der Waals surface area contributed by atoms with Gasteiger partial charge in [0.1, 0.15) is 0 Å². The first-order valence-electron chi connectivity index (χ1n) is 5.93. The van der Waals surface area contributed by atoms with Gasteiger partial charge in [-0.05, 0) is 35.9 Å². The second-order valence-corrected chi connectivity index (χ2v) is 6.12. The van der Waals surface area contributed by atoms with E-state index in [2.05, 4.69) is 4.98 Å². The summed E-state index contributed by atoms with van der Waals surface area (Å²) in [6, 6.07) is 10.1. The highest BCUT2D eigenvalue weighted by atomic mass is 35.5. The molecule has 0 aliphatic rings. The first kappa shape index (κ1) is 14.7. The molecule has 3 aromatic rings. The Morgan fingerprint density at radius 3 is 2.14 bits per heavy atom. The molecule has 0 saturated heterocycles. The fraction of sp³-hybridized carbons (Fsp3) is 0. The molecule has 0 saturated carbocycles. The van der Waals surface area contributed by atoms with Crippen LogP contribution in [0.1, 0.15) is 0 Å². The molecule has 0 aliphatic carbocycles. The monoisotopic (exact) mass is 357 g/mol. The molecule has 0 aliphatic heterocycles. The number of H-pyrrole nitrogens is 1. The van der Waals surface area contributed by atoms with E-state index in [0.29, 0.717) is 36.7 Å². The van der Waals surface area contributed by atoms with E-state index in [1.165, 1.54) is 0 Å². The zero-order valence-corrected chi connectivity index (χ0v) is 13.4. The Labute approximate surface area is 140 Å². The van der Waals surface area contributed by atoms with Crippen LogP contribution in [0.5, 0.6) is 0 Å². The van der Waals surface area contributed by atoms with E-state index in [-0.39, 0.29) is 5.56 Å². The van der Waals surface area contributed by atoms with Crippen molar-refractivity contribution >= 4 is 57.3 Å². The molecule has 1 N–H and O–H groups in total. The molecule has 2 nitrogen and oxygen atoms in total. The minimum atomic E-state index is -0.237. The highest BCUT2D eigenvalue weighted by molar-refractivity contribution is 6.43. The van der Waals surface area contributed by atoms with Crippen molar-refractivity contribution in [3.63, 3.8) is 0 Å². The molecule has 0 unspecified atom stereocenters. The average Bonchev–Trinajstić information content (AvgIpc) is 2.43. The van der Waals surface area contributed by atoms with Gasteiger partial charge in [-0.25, -0.2) is 0 Å². The topological polar surface area (TPSA) is 32.9 Å². The Hall–Kier alpha value is -1.19. The van der Waals surface area contributed by atoms with Gasteiger partial charge in [-0.15, -0.1) is 0 Å².